The van der Waals surface area contributed by atoms with Gasteiger partial charge in [-0.1, -0.05) is 24.6 Å². The van der Waals surface area contributed by atoms with Gasteiger partial charge in [0.1, 0.15) is 12.4 Å². The highest BCUT2D eigenvalue weighted by Crippen LogP contribution is 2.27. The molecule has 1 heterocycles. The minimum Gasteiger partial charge on any atom is -0.491 e. The van der Waals surface area contributed by atoms with Crippen LogP contribution in [0.4, 0.5) is 0 Å². The van der Waals surface area contributed by atoms with Gasteiger partial charge in [0.25, 0.3) is 0 Å². The number of benzene rings is 1. The Hall–Kier alpha value is -1.06. The van der Waals surface area contributed by atoms with E-state index in [1.54, 1.807) is 0 Å². The average Bonchev–Trinajstić information content (AvgIpc) is 2.90. The fourth-order valence-electron chi connectivity index (χ4n) is 2.51. The Balaban J connectivity index is 2.04. The first kappa shape index (κ1) is 14.4. The summed E-state index contributed by atoms with van der Waals surface area (Å²) in [7, 11) is 0. The van der Waals surface area contributed by atoms with Gasteiger partial charge < -0.3 is 14.8 Å². The Morgan fingerprint density at radius 2 is 2.32 bits per heavy atom. The molecule has 3 heteroatoms. The smallest absolute Gasteiger partial charge is 0.124 e. The molecule has 1 aliphatic heterocycles. The van der Waals surface area contributed by atoms with Crippen molar-refractivity contribution in [2.45, 2.75) is 45.8 Å². The molecule has 2 atom stereocenters. The lowest BCUT2D eigenvalue weighted by Gasteiger charge is -2.19. The summed E-state index contributed by atoms with van der Waals surface area (Å²) >= 11 is 0. The molecule has 0 bridgehead atoms. The van der Waals surface area contributed by atoms with Crippen LogP contribution in [0.25, 0.3) is 0 Å². The molecule has 19 heavy (non-hydrogen) atoms. The lowest BCUT2D eigenvalue weighted by atomic mass is 10.0. The van der Waals surface area contributed by atoms with Gasteiger partial charge in [0, 0.05) is 18.2 Å². The van der Waals surface area contributed by atoms with Crippen molar-refractivity contribution in [3.05, 3.63) is 29.3 Å². The molecule has 0 spiro atoms. The molecule has 1 aromatic carbocycles. The van der Waals surface area contributed by atoms with E-state index in [1.165, 1.54) is 11.1 Å². The monoisotopic (exact) mass is 263 g/mol. The van der Waals surface area contributed by atoms with Crippen molar-refractivity contribution >= 4 is 0 Å². The van der Waals surface area contributed by atoms with Gasteiger partial charge in [0.15, 0.2) is 0 Å². The molecule has 0 aliphatic carbocycles. The van der Waals surface area contributed by atoms with E-state index in [4.69, 9.17) is 9.47 Å². The zero-order chi connectivity index (χ0) is 13.7. The summed E-state index contributed by atoms with van der Waals surface area (Å²) in [4.78, 5) is 0. The van der Waals surface area contributed by atoms with Crippen LogP contribution in [0.5, 0.6) is 5.75 Å². The molecular weight excluding hydrogens is 238 g/mol. The summed E-state index contributed by atoms with van der Waals surface area (Å²) in [5.41, 5.74) is 2.50. The van der Waals surface area contributed by atoms with Crippen LogP contribution in [-0.4, -0.2) is 25.9 Å². The maximum Gasteiger partial charge on any atom is 0.124 e. The predicted molar refractivity (Wildman–Crippen MR) is 77.7 cm³/mol. The number of nitrogens with one attached hydrogen (secondary N) is 1. The van der Waals surface area contributed by atoms with E-state index < -0.39 is 0 Å². The van der Waals surface area contributed by atoms with Crippen LogP contribution in [0, 0.1) is 6.92 Å². The number of hydrogen-bond acceptors (Lipinski definition) is 3. The van der Waals surface area contributed by atoms with Gasteiger partial charge in [-0.05, 0) is 39.3 Å². The second-order valence-electron chi connectivity index (χ2n) is 5.27. The van der Waals surface area contributed by atoms with Gasteiger partial charge in [-0.2, -0.15) is 0 Å². The van der Waals surface area contributed by atoms with Crippen LogP contribution in [0.3, 0.4) is 0 Å². The Bertz CT molecular complexity index is 400. The van der Waals surface area contributed by atoms with Crippen molar-refractivity contribution < 1.29 is 9.47 Å². The number of aryl methyl sites for hydroxylation is 1. The number of hydrogen-bond donors (Lipinski definition) is 1. The summed E-state index contributed by atoms with van der Waals surface area (Å²) < 4.78 is 11.6. The lowest BCUT2D eigenvalue weighted by Crippen LogP contribution is -2.21. The molecule has 1 fully saturated rings. The molecule has 0 radical (unpaired) electrons. The zero-order valence-corrected chi connectivity index (χ0v) is 12.2. The molecule has 0 saturated carbocycles. The van der Waals surface area contributed by atoms with Gasteiger partial charge in [-0.25, -0.2) is 0 Å². The summed E-state index contributed by atoms with van der Waals surface area (Å²) in [5.74, 6) is 0.981. The quantitative estimate of drug-likeness (QED) is 0.855. The van der Waals surface area contributed by atoms with E-state index in [2.05, 4.69) is 44.3 Å². The van der Waals surface area contributed by atoms with Crippen LogP contribution >= 0.6 is 0 Å². The van der Waals surface area contributed by atoms with Crippen molar-refractivity contribution in [2.24, 2.45) is 0 Å². The highest BCUT2D eigenvalue weighted by atomic mass is 16.5. The topological polar surface area (TPSA) is 30.5 Å². The normalized spacial score (nSPS) is 20.5. The lowest BCUT2D eigenvalue weighted by molar-refractivity contribution is 0.0674. The molecule has 1 aromatic rings. The summed E-state index contributed by atoms with van der Waals surface area (Å²) in [6.07, 6.45) is 2.54. The standard InChI is InChI=1S/C16H25NO2/c1-4-17-13(3)15-10-12(2)7-8-16(15)19-11-14-6-5-9-18-14/h7-8,10,13-14,17H,4-6,9,11H2,1-3H3. The Morgan fingerprint density at radius 3 is 3.00 bits per heavy atom. The van der Waals surface area contributed by atoms with Crippen LogP contribution in [0.2, 0.25) is 0 Å². The second kappa shape index (κ2) is 6.92. The molecular formula is C16H25NO2. The molecule has 2 unspecified atom stereocenters. The summed E-state index contributed by atoms with van der Waals surface area (Å²) in [6, 6.07) is 6.70. The SMILES string of the molecule is CCNC(C)c1cc(C)ccc1OCC1CCCO1. The van der Waals surface area contributed by atoms with Gasteiger partial charge in [-0.3, -0.25) is 0 Å². The zero-order valence-electron chi connectivity index (χ0n) is 12.2. The predicted octanol–water partition coefficient (Wildman–Crippen LogP) is 3.22. The van der Waals surface area contributed by atoms with E-state index in [0.29, 0.717) is 12.6 Å². The van der Waals surface area contributed by atoms with Crippen LogP contribution < -0.4 is 10.1 Å². The molecule has 0 amide bonds. The minimum atomic E-state index is 0.267. The third-order valence-corrected chi connectivity index (χ3v) is 3.59. The van der Waals surface area contributed by atoms with Gasteiger partial charge in [0.2, 0.25) is 0 Å². The van der Waals surface area contributed by atoms with Crippen LogP contribution in [0.15, 0.2) is 18.2 Å². The van der Waals surface area contributed by atoms with Crippen molar-refractivity contribution in [1.29, 1.82) is 0 Å². The fourth-order valence-corrected chi connectivity index (χ4v) is 2.51. The molecule has 2 rings (SSSR count). The first-order valence-corrected chi connectivity index (χ1v) is 7.29. The highest BCUT2D eigenvalue weighted by Gasteiger charge is 2.18. The molecule has 3 nitrogen and oxygen atoms in total. The van der Waals surface area contributed by atoms with Crippen molar-refractivity contribution in [2.75, 3.05) is 19.8 Å². The first-order valence-electron chi connectivity index (χ1n) is 7.29. The third-order valence-electron chi connectivity index (χ3n) is 3.59. The molecule has 1 saturated heterocycles. The van der Waals surface area contributed by atoms with E-state index in [9.17, 15) is 0 Å². The second-order valence-corrected chi connectivity index (χ2v) is 5.27. The number of ether oxygens (including phenoxy) is 2. The molecule has 106 valence electrons. The van der Waals surface area contributed by atoms with Gasteiger partial charge >= 0.3 is 0 Å². The van der Waals surface area contributed by atoms with Crippen molar-refractivity contribution in [3.63, 3.8) is 0 Å². The van der Waals surface area contributed by atoms with E-state index in [-0.39, 0.29) is 6.10 Å². The van der Waals surface area contributed by atoms with E-state index in [1.807, 2.05) is 0 Å². The Kier molecular flexibility index (Phi) is 5.23. The average molecular weight is 263 g/mol. The Morgan fingerprint density at radius 1 is 1.47 bits per heavy atom. The highest BCUT2D eigenvalue weighted by molar-refractivity contribution is 5.39. The third kappa shape index (κ3) is 3.95. The maximum atomic E-state index is 5.98. The fraction of sp³-hybridized carbons (Fsp3) is 0.625. The largest absolute Gasteiger partial charge is 0.491 e. The van der Waals surface area contributed by atoms with Crippen molar-refractivity contribution in [1.82, 2.24) is 5.32 Å². The molecule has 1 N–H and O–H groups in total. The summed E-state index contributed by atoms with van der Waals surface area (Å²) in [5, 5.41) is 3.45. The Labute approximate surface area is 116 Å². The minimum absolute atomic E-state index is 0.267. The number of rotatable bonds is 6. The van der Waals surface area contributed by atoms with Crippen LogP contribution in [-0.2, 0) is 4.74 Å². The molecule has 0 aromatic heterocycles. The van der Waals surface area contributed by atoms with E-state index >= 15 is 0 Å². The first-order chi connectivity index (χ1) is 9.20. The summed E-state index contributed by atoms with van der Waals surface area (Å²) in [6.45, 7) is 8.92. The van der Waals surface area contributed by atoms with Crippen LogP contribution in [0.1, 0.15) is 43.9 Å². The van der Waals surface area contributed by atoms with Gasteiger partial charge in [-0.15, -0.1) is 0 Å². The van der Waals surface area contributed by atoms with E-state index in [0.717, 1.165) is 31.7 Å². The van der Waals surface area contributed by atoms with Crippen molar-refractivity contribution in [3.8, 4) is 5.75 Å². The van der Waals surface area contributed by atoms with Gasteiger partial charge in [0.05, 0.1) is 6.10 Å². The maximum absolute atomic E-state index is 5.98. The molecule has 1 aliphatic rings.